The van der Waals surface area contributed by atoms with E-state index in [9.17, 15) is 4.39 Å². The first-order valence-corrected chi connectivity index (χ1v) is 6.95. The van der Waals surface area contributed by atoms with Crippen LogP contribution >= 0.6 is 15.9 Å². The standard InChI is InChI=1S/C14H18BrFN2/c1-3-13(18-6-4-17-5-7-18)12-9-11(15)8-10(2)14(12)16/h3,8-9,13,17H,1,4-7H2,2H3/t13-/m1/s1. The van der Waals surface area contributed by atoms with Crippen LogP contribution in [-0.2, 0) is 0 Å². The summed E-state index contributed by atoms with van der Waals surface area (Å²) < 4.78 is 15.2. The number of hydrogen-bond donors (Lipinski definition) is 1. The van der Waals surface area contributed by atoms with Crippen molar-refractivity contribution in [1.29, 1.82) is 0 Å². The van der Waals surface area contributed by atoms with Gasteiger partial charge in [-0.15, -0.1) is 6.58 Å². The monoisotopic (exact) mass is 312 g/mol. The molecule has 1 N–H and O–H groups in total. The Labute approximate surface area is 116 Å². The molecule has 1 aromatic carbocycles. The van der Waals surface area contributed by atoms with E-state index in [2.05, 4.69) is 32.7 Å². The van der Waals surface area contributed by atoms with E-state index in [0.717, 1.165) is 30.7 Å². The van der Waals surface area contributed by atoms with Crippen LogP contribution in [0.2, 0.25) is 0 Å². The summed E-state index contributed by atoms with van der Waals surface area (Å²) in [4.78, 5) is 2.26. The molecule has 1 aliphatic heterocycles. The first kappa shape index (κ1) is 13.7. The molecule has 1 atom stereocenters. The Bertz CT molecular complexity index is 442. The van der Waals surface area contributed by atoms with Crippen molar-refractivity contribution in [3.05, 3.63) is 46.2 Å². The summed E-state index contributed by atoms with van der Waals surface area (Å²) in [5, 5.41) is 3.30. The van der Waals surface area contributed by atoms with Crippen LogP contribution in [0.25, 0.3) is 0 Å². The summed E-state index contributed by atoms with van der Waals surface area (Å²) in [7, 11) is 0. The molecule has 2 rings (SSSR count). The molecule has 1 aromatic rings. The number of nitrogens with one attached hydrogen (secondary N) is 1. The summed E-state index contributed by atoms with van der Waals surface area (Å²) in [6, 6.07) is 3.61. The molecule has 0 aliphatic carbocycles. The van der Waals surface area contributed by atoms with Gasteiger partial charge >= 0.3 is 0 Å². The Balaban J connectivity index is 2.34. The molecule has 4 heteroatoms. The number of halogens is 2. The topological polar surface area (TPSA) is 15.3 Å². The van der Waals surface area contributed by atoms with Gasteiger partial charge in [-0.2, -0.15) is 0 Å². The molecule has 0 radical (unpaired) electrons. The molecule has 2 nitrogen and oxygen atoms in total. The van der Waals surface area contributed by atoms with Crippen molar-refractivity contribution in [3.63, 3.8) is 0 Å². The third-order valence-electron chi connectivity index (χ3n) is 3.33. The van der Waals surface area contributed by atoms with Crippen LogP contribution in [0.1, 0.15) is 17.2 Å². The number of nitrogens with zero attached hydrogens (tertiary/aromatic N) is 1. The summed E-state index contributed by atoms with van der Waals surface area (Å²) in [6.07, 6.45) is 1.83. The fourth-order valence-corrected chi connectivity index (χ4v) is 2.99. The number of hydrogen-bond acceptors (Lipinski definition) is 2. The van der Waals surface area contributed by atoms with Gasteiger partial charge in [0.2, 0.25) is 0 Å². The van der Waals surface area contributed by atoms with Crippen LogP contribution in [0.3, 0.4) is 0 Å². The lowest BCUT2D eigenvalue weighted by Gasteiger charge is -2.33. The van der Waals surface area contributed by atoms with Crippen LogP contribution in [0, 0.1) is 12.7 Å². The summed E-state index contributed by atoms with van der Waals surface area (Å²) in [5.74, 6) is -0.123. The Kier molecular flexibility index (Phi) is 4.54. The van der Waals surface area contributed by atoms with Crippen molar-refractivity contribution >= 4 is 15.9 Å². The molecule has 0 amide bonds. The molecule has 0 bridgehead atoms. The Morgan fingerprint density at radius 1 is 1.44 bits per heavy atom. The van der Waals surface area contributed by atoms with Crippen molar-refractivity contribution in [3.8, 4) is 0 Å². The lowest BCUT2D eigenvalue weighted by molar-refractivity contribution is 0.200. The lowest BCUT2D eigenvalue weighted by atomic mass is 10.0. The second kappa shape index (κ2) is 5.95. The van der Waals surface area contributed by atoms with Gasteiger partial charge in [0.15, 0.2) is 0 Å². The predicted octanol–water partition coefficient (Wildman–Crippen LogP) is 3.03. The predicted molar refractivity (Wildman–Crippen MR) is 76.2 cm³/mol. The van der Waals surface area contributed by atoms with E-state index in [4.69, 9.17) is 0 Å². The van der Waals surface area contributed by atoms with E-state index in [1.807, 2.05) is 12.1 Å². The Morgan fingerprint density at radius 3 is 2.72 bits per heavy atom. The largest absolute Gasteiger partial charge is 0.314 e. The van der Waals surface area contributed by atoms with Gasteiger partial charge in [0.25, 0.3) is 0 Å². The molecule has 1 saturated heterocycles. The van der Waals surface area contributed by atoms with Crippen LogP contribution in [0.5, 0.6) is 0 Å². The third-order valence-corrected chi connectivity index (χ3v) is 3.79. The number of piperazine rings is 1. The molecule has 0 aromatic heterocycles. The average molecular weight is 313 g/mol. The first-order chi connectivity index (χ1) is 8.63. The van der Waals surface area contributed by atoms with Crippen molar-refractivity contribution < 1.29 is 4.39 Å². The Hall–Kier alpha value is -0.710. The van der Waals surface area contributed by atoms with Gasteiger partial charge in [-0.05, 0) is 24.6 Å². The van der Waals surface area contributed by atoms with Crippen molar-refractivity contribution in [2.24, 2.45) is 0 Å². The smallest absolute Gasteiger partial charge is 0.131 e. The SMILES string of the molecule is C=C[C@H](c1cc(Br)cc(C)c1F)N1CCNCC1. The minimum atomic E-state index is -0.123. The van der Waals surface area contributed by atoms with Crippen molar-refractivity contribution in [2.45, 2.75) is 13.0 Å². The maximum Gasteiger partial charge on any atom is 0.131 e. The fraction of sp³-hybridized carbons (Fsp3) is 0.429. The van der Waals surface area contributed by atoms with E-state index < -0.39 is 0 Å². The molecule has 0 unspecified atom stereocenters. The number of aryl methyl sites for hydroxylation is 1. The molecule has 0 spiro atoms. The number of rotatable bonds is 3. The van der Waals surface area contributed by atoms with Gasteiger partial charge in [-0.3, -0.25) is 4.90 Å². The van der Waals surface area contributed by atoms with Gasteiger partial charge in [-0.25, -0.2) is 4.39 Å². The summed E-state index contributed by atoms with van der Waals surface area (Å²) in [6.45, 7) is 9.39. The van der Waals surface area contributed by atoms with Gasteiger partial charge in [0.1, 0.15) is 5.82 Å². The zero-order valence-corrected chi connectivity index (χ0v) is 12.1. The van der Waals surface area contributed by atoms with E-state index in [1.54, 1.807) is 13.0 Å². The highest BCUT2D eigenvalue weighted by Crippen LogP contribution is 2.29. The van der Waals surface area contributed by atoms with Crippen molar-refractivity contribution in [2.75, 3.05) is 26.2 Å². The summed E-state index contributed by atoms with van der Waals surface area (Å²) >= 11 is 3.44. The zero-order valence-electron chi connectivity index (χ0n) is 10.5. The second-order valence-electron chi connectivity index (χ2n) is 4.59. The lowest BCUT2D eigenvalue weighted by Crippen LogP contribution is -2.44. The highest BCUT2D eigenvalue weighted by atomic mass is 79.9. The van der Waals surface area contributed by atoms with Gasteiger partial charge < -0.3 is 5.32 Å². The molecule has 0 saturated carbocycles. The molecule has 1 heterocycles. The fourth-order valence-electron chi connectivity index (χ4n) is 2.40. The maximum atomic E-state index is 14.3. The van der Waals surface area contributed by atoms with Gasteiger partial charge in [0, 0.05) is 36.2 Å². The normalized spacial score (nSPS) is 18.6. The van der Waals surface area contributed by atoms with E-state index in [-0.39, 0.29) is 11.9 Å². The molecular weight excluding hydrogens is 295 g/mol. The quantitative estimate of drug-likeness (QED) is 0.863. The average Bonchev–Trinajstić information content (AvgIpc) is 2.37. The molecular formula is C14H18BrFN2. The van der Waals surface area contributed by atoms with E-state index in [1.165, 1.54) is 0 Å². The highest BCUT2D eigenvalue weighted by molar-refractivity contribution is 9.10. The second-order valence-corrected chi connectivity index (χ2v) is 5.51. The van der Waals surface area contributed by atoms with Crippen LogP contribution < -0.4 is 5.32 Å². The molecule has 98 valence electrons. The molecule has 18 heavy (non-hydrogen) atoms. The summed E-state index contributed by atoms with van der Waals surface area (Å²) in [5.41, 5.74) is 1.38. The highest BCUT2D eigenvalue weighted by Gasteiger charge is 2.23. The Morgan fingerprint density at radius 2 is 2.11 bits per heavy atom. The van der Waals surface area contributed by atoms with Crippen LogP contribution in [0.15, 0.2) is 29.3 Å². The zero-order chi connectivity index (χ0) is 13.1. The van der Waals surface area contributed by atoms with Crippen LogP contribution in [-0.4, -0.2) is 31.1 Å². The number of benzene rings is 1. The minimum absolute atomic E-state index is 0.0525. The van der Waals surface area contributed by atoms with E-state index in [0.29, 0.717) is 11.1 Å². The van der Waals surface area contributed by atoms with Crippen molar-refractivity contribution in [1.82, 2.24) is 10.2 Å². The van der Waals surface area contributed by atoms with Crippen LogP contribution in [0.4, 0.5) is 4.39 Å². The van der Waals surface area contributed by atoms with E-state index >= 15 is 0 Å². The maximum absolute atomic E-state index is 14.3. The minimum Gasteiger partial charge on any atom is -0.314 e. The first-order valence-electron chi connectivity index (χ1n) is 6.16. The molecule has 1 aliphatic rings. The molecule has 1 fully saturated rings. The van der Waals surface area contributed by atoms with Gasteiger partial charge in [-0.1, -0.05) is 22.0 Å². The third kappa shape index (κ3) is 2.82. The van der Waals surface area contributed by atoms with Gasteiger partial charge in [0.05, 0.1) is 6.04 Å².